The molecule has 0 aliphatic rings. The molecule has 0 aliphatic carbocycles. The van der Waals surface area contributed by atoms with Gasteiger partial charge in [-0.2, -0.15) is 0 Å². The Morgan fingerprint density at radius 2 is 1.75 bits per heavy atom. The number of benzene rings is 2. The summed E-state index contributed by atoms with van der Waals surface area (Å²) in [7, 11) is 0. The van der Waals surface area contributed by atoms with E-state index in [4.69, 9.17) is 17.0 Å². The summed E-state index contributed by atoms with van der Waals surface area (Å²) >= 11 is 5.14. The molecule has 2 rings (SSSR count). The first-order chi connectivity index (χ1) is 13.5. The molecule has 0 radical (unpaired) electrons. The molecule has 0 aliphatic heterocycles. The van der Waals surface area contributed by atoms with Gasteiger partial charge in [0, 0.05) is 23.4 Å². The molecule has 148 valence electrons. The normalized spacial score (nSPS) is 10.2. The zero-order valence-corrected chi connectivity index (χ0v) is 16.5. The van der Waals surface area contributed by atoms with E-state index in [2.05, 4.69) is 17.6 Å². The van der Waals surface area contributed by atoms with Gasteiger partial charge in [0.1, 0.15) is 5.75 Å². The third-order valence-corrected chi connectivity index (χ3v) is 4.15. The first-order valence-electron chi connectivity index (χ1n) is 9.09. The van der Waals surface area contributed by atoms with Gasteiger partial charge in [-0.1, -0.05) is 26.2 Å². The van der Waals surface area contributed by atoms with Crippen LogP contribution in [-0.4, -0.2) is 22.5 Å². The maximum atomic E-state index is 12.1. The van der Waals surface area contributed by atoms with Gasteiger partial charge in [0.2, 0.25) is 0 Å². The largest absolute Gasteiger partial charge is 0.494 e. The summed E-state index contributed by atoms with van der Waals surface area (Å²) in [6, 6.07) is 12.6. The van der Waals surface area contributed by atoms with Crippen LogP contribution in [0.3, 0.4) is 0 Å². The van der Waals surface area contributed by atoms with Crippen LogP contribution in [0.25, 0.3) is 0 Å². The number of unbranched alkanes of at least 4 members (excludes halogenated alkanes) is 3. The summed E-state index contributed by atoms with van der Waals surface area (Å²) in [5, 5.41) is 16.2. The number of nitro benzene ring substituents is 1. The van der Waals surface area contributed by atoms with Crippen LogP contribution in [0.5, 0.6) is 5.75 Å². The maximum absolute atomic E-state index is 12.1. The van der Waals surface area contributed by atoms with E-state index in [-0.39, 0.29) is 16.4 Å². The Labute approximate surface area is 169 Å². The molecule has 7 nitrogen and oxygen atoms in total. The van der Waals surface area contributed by atoms with Crippen molar-refractivity contribution >= 4 is 34.6 Å². The van der Waals surface area contributed by atoms with Crippen LogP contribution in [0.4, 0.5) is 11.4 Å². The fourth-order valence-corrected chi connectivity index (χ4v) is 2.64. The first kappa shape index (κ1) is 21.3. The first-order valence-corrected chi connectivity index (χ1v) is 9.50. The van der Waals surface area contributed by atoms with Crippen LogP contribution in [0.15, 0.2) is 48.5 Å². The highest BCUT2D eigenvalue weighted by Gasteiger charge is 2.11. The summed E-state index contributed by atoms with van der Waals surface area (Å²) in [5.74, 6) is 0.335. The van der Waals surface area contributed by atoms with E-state index in [9.17, 15) is 14.9 Å². The monoisotopic (exact) mass is 401 g/mol. The van der Waals surface area contributed by atoms with Crippen molar-refractivity contribution in [1.82, 2.24) is 5.32 Å². The van der Waals surface area contributed by atoms with Gasteiger partial charge in [0.05, 0.1) is 11.5 Å². The second kappa shape index (κ2) is 11.0. The van der Waals surface area contributed by atoms with Crippen LogP contribution in [0, 0.1) is 10.1 Å². The van der Waals surface area contributed by atoms with Gasteiger partial charge in [-0.05, 0) is 55.0 Å². The van der Waals surface area contributed by atoms with E-state index in [0.29, 0.717) is 12.3 Å². The van der Waals surface area contributed by atoms with Gasteiger partial charge in [0.15, 0.2) is 5.11 Å². The molecule has 2 aromatic carbocycles. The average molecular weight is 401 g/mol. The third kappa shape index (κ3) is 6.96. The van der Waals surface area contributed by atoms with E-state index in [1.807, 2.05) is 24.3 Å². The van der Waals surface area contributed by atoms with Crippen LogP contribution in [0.1, 0.15) is 43.0 Å². The van der Waals surface area contributed by atoms with E-state index < -0.39 is 10.8 Å². The Morgan fingerprint density at radius 1 is 1.07 bits per heavy atom. The minimum Gasteiger partial charge on any atom is -0.494 e. The molecule has 28 heavy (non-hydrogen) atoms. The molecule has 0 saturated carbocycles. The molecule has 0 heterocycles. The second-order valence-electron chi connectivity index (χ2n) is 6.15. The third-order valence-electron chi connectivity index (χ3n) is 3.95. The van der Waals surface area contributed by atoms with Gasteiger partial charge < -0.3 is 10.1 Å². The summed E-state index contributed by atoms with van der Waals surface area (Å²) in [5.41, 5.74) is 0.916. The van der Waals surface area contributed by atoms with Gasteiger partial charge in [0.25, 0.3) is 11.6 Å². The van der Waals surface area contributed by atoms with Gasteiger partial charge >= 0.3 is 0 Å². The van der Waals surface area contributed by atoms with Crippen LogP contribution in [-0.2, 0) is 0 Å². The van der Waals surface area contributed by atoms with E-state index >= 15 is 0 Å². The lowest BCUT2D eigenvalue weighted by molar-refractivity contribution is -0.384. The molecular formula is C20H23N3O4S. The molecular weight excluding hydrogens is 378 g/mol. The van der Waals surface area contributed by atoms with Crippen molar-refractivity contribution in [2.75, 3.05) is 11.9 Å². The fourth-order valence-electron chi connectivity index (χ4n) is 2.43. The molecule has 2 aromatic rings. The Morgan fingerprint density at radius 3 is 2.36 bits per heavy atom. The maximum Gasteiger partial charge on any atom is 0.269 e. The molecule has 0 atom stereocenters. The molecule has 0 spiro atoms. The number of hydrogen-bond donors (Lipinski definition) is 2. The van der Waals surface area contributed by atoms with Crippen molar-refractivity contribution in [3.8, 4) is 5.75 Å². The molecule has 8 heteroatoms. The molecule has 0 bridgehead atoms. The zero-order valence-electron chi connectivity index (χ0n) is 15.6. The molecule has 1 amide bonds. The highest BCUT2D eigenvalue weighted by atomic mass is 32.1. The Balaban J connectivity index is 1.80. The van der Waals surface area contributed by atoms with Crippen LogP contribution >= 0.6 is 12.2 Å². The lowest BCUT2D eigenvalue weighted by Crippen LogP contribution is -2.34. The smallest absolute Gasteiger partial charge is 0.269 e. The number of nitro groups is 1. The minimum absolute atomic E-state index is 0.0788. The number of anilines is 1. The number of hydrogen-bond acceptors (Lipinski definition) is 5. The fraction of sp³-hybridized carbons (Fsp3) is 0.300. The zero-order chi connectivity index (χ0) is 20.4. The van der Waals surface area contributed by atoms with Crippen molar-refractivity contribution < 1.29 is 14.5 Å². The number of non-ortho nitro benzene ring substituents is 1. The highest BCUT2D eigenvalue weighted by Crippen LogP contribution is 2.16. The second-order valence-corrected chi connectivity index (χ2v) is 6.55. The lowest BCUT2D eigenvalue weighted by Gasteiger charge is -2.11. The summed E-state index contributed by atoms with van der Waals surface area (Å²) in [6.45, 7) is 2.86. The summed E-state index contributed by atoms with van der Waals surface area (Å²) < 4.78 is 5.68. The van der Waals surface area contributed by atoms with Gasteiger partial charge in [-0.3, -0.25) is 20.2 Å². The standard InChI is InChI=1S/C20H23N3O4S/c1-2-3-4-5-14-27-18-12-8-16(9-13-18)21-20(28)22-19(24)15-6-10-17(11-7-15)23(25)26/h6-13H,2-5,14H2,1H3,(H2,21,22,24,28). The molecule has 0 fully saturated rings. The quantitative estimate of drug-likeness (QED) is 0.274. The minimum atomic E-state index is -0.521. The number of nitrogens with zero attached hydrogens (tertiary/aromatic N) is 1. The SMILES string of the molecule is CCCCCCOc1ccc(NC(=S)NC(=O)c2ccc([N+](=O)[O-])cc2)cc1. The Hall–Kier alpha value is -3.00. The number of nitrogens with one attached hydrogen (secondary N) is 2. The molecule has 2 N–H and O–H groups in total. The number of rotatable bonds is 9. The Bertz CT molecular complexity index is 807. The predicted octanol–water partition coefficient (Wildman–Crippen LogP) is 4.68. The van der Waals surface area contributed by atoms with Crippen molar-refractivity contribution in [1.29, 1.82) is 0 Å². The number of ether oxygens (including phenoxy) is 1. The predicted molar refractivity (Wildman–Crippen MR) is 113 cm³/mol. The van der Waals surface area contributed by atoms with Gasteiger partial charge in [-0.15, -0.1) is 0 Å². The molecule has 0 aromatic heterocycles. The summed E-state index contributed by atoms with van der Waals surface area (Å²) in [4.78, 5) is 22.3. The summed E-state index contributed by atoms with van der Waals surface area (Å²) in [6.07, 6.45) is 4.61. The van der Waals surface area contributed by atoms with E-state index in [1.54, 1.807) is 0 Å². The van der Waals surface area contributed by atoms with Gasteiger partial charge in [-0.25, -0.2) is 0 Å². The van der Waals surface area contributed by atoms with E-state index in [0.717, 1.165) is 12.2 Å². The Kier molecular flexibility index (Phi) is 8.36. The van der Waals surface area contributed by atoms with E-state index in [1.165, 1.54) is 43.5 Å². The topological polar surface area (TPSA) is 93.5 Å². The average Bonchev–Trinajstić information content (AvgIpc) is 2.69. The van der Waals surface area contributed by atoms with Crippen LogP contribution < -0.4 is 15.4 Å². The number of amides is 1. The highest BCUT2D eigenvalue weighted by molar-refractivity contribution is 7.80. The molecule has 0 unspecified atom stereocenters. The van der Waals surface area contributed by atoms with Crippen molar-refractivity contribution in [3.63, 3.8) is 0 Å². The molecule has 0 saturated heterocycles. The van der Waals surface area contributed by atoms with Crippen molar-refractivity contribution in [2.24, 2.45) is 0 Å². The van der Waals surface area contributed by atoms with Crippen LogP contribution in [0.2, 0.25) is 0 Å². The lowest BCUT2D eigenvalue weighted by atomic mass is 10.2. The number of thiocarbonyl (C=S) groups is 1. The number of carbonyl (C=O) groups is 1. The number of carbonyl (C=O) groups excluding carboxylic acids is 1. The van der Waals surface area contributed by atoms with Crippen molar-refractivity contribution in [2.45, 2.75) is 32.6 Å². The van der Waals surface area contributed by atoms with Crippen molar-refractivity contribution in [3.05, 3.63) is 64.2 Å².